The molecule has 1 aliphatic rings. The van der Waals surface area contributed by atoms with Crippen molar-refractivity contribution in [2.24, 2.45) is 0 Å². The van der Waals surface area contributed by atoms with Gasteiger partial charge in [0.1, 0.15) is 5.82 Å². The quantitative estimate of drug-likeness (QED) is 0.494. The van der Waals surface area contributed by atoms with E-state index in [9.17, 15) is 13.2 Å². The molecule has 1 atom stereocenters. The van der Waals surface area contributed by atoms with Gasteiger partial charge in [0.15, 0.2) is 0 Å². The van der Waals surface area contributed by atoms with Gasteiger partial charge in [-0.3, -0.25) is 9.72 Å². The first-order valence-corrected chi connectivity index (χ1v) is 10.0. The van der Waals surface area contributed by atoms with E-state index < -0.39 is 11.7 Å². The van der Waals surface area contributed by atoms with E-state index in [1.54, 1.807) is 30.0 Å². The van der Waals surface area contributed by atoms with Crippen LogP contribution in [0.2, 0.25) is 15.1 Å². The molecule has 1 fully saturated rings. The predicted molar refractivity (Wildman–Crippen MR) is 104 cm³/mol. The molecule has 2 aromatic heterocycles. The molecule has 0 radical (unpaired) electrons. The molecule has 10 heteroatoms. The van der Waals surface area contributed by atoms with E-state index in [0.717, 1.165) is 24.6 Å². The fourth-order valence-electron chi connectivity index (χ4n) is 3.02. The average Bonchev–Trinajstić information content (AvgIpc) is 3.22. The number of nitrogens with zero attached hydrogens (tertiary/aromatic N) is 2. The van der Waals surface area contributed by atoms with Crippen molar-refractivity contribution in [1.29, 1.82) is 0 Å². The normalized spacial score (nSPS) is 17.8. The number of halogens is 6. The maximum absolute atomic E-state index is 13.3. The molecular formula is C17H11Cl3F3N3S. The van der Waals surface area contributed by atoms with Crippen LogP contribution in [0.4, 0.5) is 13.2 Å². The molecule has 1 saturated heterocycles. The predicted octanol–water partition coefficient (Wildman–Crippen LogP) is 6.32. The zero-order valence-electron chi connectivity index (χ0n) is 13.4. The monoisotopic (exact) mass is 451 g/mol. The molecule has 1 N–H and O–H groups in total. The van der Waals surface area contributed by atoms with Crippen LogP contribution in [0.15, 0.2) is 30.5 Å². The second-order valence-electron chi connectivity index (χ2n) is 5.92. The molecule has 142 valence electrons. The lowest BCUT2D eigenvalue weighted by Gasteiger charge is -2.12. The van der Waals surface area contributed by atoms with E-state index in [4.69, 9.17) is 34.8 Å². The topological polar surface area (TPSA) is 29.3 Å². The highest BCUT2D eigenvalue weighted by molar-refractivity contribution is 7.99. The van der Waals surface area contributed by atoms with Gasteiger partial charge in [0.05, 0.1) is 42.8 Å². The van der Waals surface area contributed by atoms with Crippen LogP contribution < -0.4 is 5.32 Å². The summed E-state index contributed by atoms with van der Waals surface area (Å²) in [5, 5.41) is 3.65. The molecule has 0 spiro atoms. The summed E-state index contributed by atoms with van der Waals surface area (Å²) in [6.45, 7) is 0.773. The Hall–Kier alpha value is -1.12. The molecular weight excluding hydrogens is 442 g/mol. The number of hydrogen-bond donors (Lipinski definition) is 1. The molecule has 27 heavy (non-hydrogen) atoms. The number of imidazole rings is 1. The Kier molecular flexibility index (Phi) is 5.01. The third-order valence-corrected chi connectivity index (χ3v) is 6.27. The Balaban J connectivity index is 2.07. The minimum atomic E-state index is -4.55. The van der Waals surface area contributed by atoms with Crippen molar-refractivity contribution < 1.29 is 13.2 Å². The minimum absolute atomic E-state index is 0.0314. The van der Waals surface area contributed by atoms with Crippen molar-refractivity contribution in [3.05, 3.63) is 56.8 Å². The van der Waals surface area contributed by atoms with Gasteiger partial charge in [-0.05, 0) is 18.2 Å². The maximum atomic E-state index is 13.3. The Labute approximate surface area is 171 Å². The molecule has 0 amide bonds. The van der Waals surface area contributed by atoms with Crippen LogP contribution in [0.3, 0.4) is 0 Å². The SMILES string of the molecule is FC(F)(F)c1cc(Cl)c2c(C3NCCS3)nc(-c3c(Cl)cccc3Cl)n2c1. The molecule has 0 bridgehead atoms. The summed E-state index contributed by atoms with van der Waals surface area (Å²) in [6, 6.07) is 5.80. The van der Waals surface area contributed by atoms with E-state index in [0.29, 0.717) is 26.8 Å². The van der Waals surface area contributed by atoms with Gasteiger partial charge in [0.2, 0.25) is 0 Å². The first-order chi connectivity index (χ1) is 12.8. The Morgan fingerprint density at radius 3 is 2.44 bits per heavy atom. The first-order valence-electron chi connectivity index (χ1n) is 7.85. The maximum Gasteiger partial charge on any atom is 0.417 e. The van der Waals surface area contributed by atoms with E-state index in [1.807, 2.05) is 0 Å². The Bertz CT molecular complexity index is 1010. The third-order valence-electron chi connectivity index (χ3n) is 4.19. The Morgan fingerprint density at radius 1 is 1.15 bits per heavy atom. The number of benzene rings is 1. The standard InChI is InChI=1S/C17H11Cl3F3N3S/c18-9-2-1-3-10(19)12(9)15-25-13(16-24-4-5-27-16)14-11(20)6-8(7-26(14)15)17(21,22)23/h1-3,6-7,16,24H,4-5H2. The molecule has 4 rings (SSSR count). The second-order valence-corrected chi connectivity index (χ2v) is 8.35. The molecule has 1 unspecified atom stereocenters. The van der Waals surface area contributed by atoms with Gasteiger partial charge in [-0.15, -0.1) is 11.8 Å². The summed E-state index contributed by atoms with van der Waals surface area (Å²) in [5.41, 5.74) is 0.450. The van der Waals surface area contributed by atoms with Crippen molar-refractivity contribution in [1.82, 2.24) is 14.7 Å². The van der Waals surface area contributed by atoms with E-state index in [-0.39, 0.29) is 16.2 Å². The van der Waals surface area contributed by atoms with Crippen molar-refractivity contribution in [3.63, 3.8) is 0 Å². The van der Waals surface area contributed by atoms with E-state index in [1.165, 1.54) is 4.40 Å². The number of rotatable bonds is 2. The van der Waals surface area contributed by atoms with Gasteiger partial charge < -0.3 is 0 Å². The first kappa shape index (κ1) is 19.2. The van der Waals surface area contributed by atoms with Crippen molar-refractivity contribution >= 4 is 52.1 Å². The van der Waals surface area contributed by atoms with Crippen molar-refractivity contribution in [3.8, 4) is 11.4 Å². The largest absolute Gasteiger partial charge is 0.417 e. The number of fused-ring (bicyclic) bond motifs is 1. The number of thioether (sulfide) groups is 1. The molecule has 3 aromatic rings. The summed E-state index contributed by atoms with van der Waals surface area (Å²) < 4.78 is 41.3. The van der Waals surface area contributed by atoms with Crippen LogP contribution in [-0.4, -0.2) is 21.7 Å². The highest BCUT2D eigenvalue weighted by Gasteiger charge is 2.34. The minimum Gasteiger partial charge on any atom is -0.299 e. The van der Waals surface area contributed by atoms with Gasteiger partial charge >= 0.3 is 6.18 Å². The van der Waals surface area contributed by atoms with Gasteiger partial charge in [-0.1, -0.05) is 40.9 Å². The van der Waals surface area contributed by atoms with Crippen molar-refractivity contribution in [2.45, 2.75) is 11.6 Å². The summed E-state index contributed by atoms with van der Waals surface area (Å²) in [6.07, 6.45) is -3.57. The van der Waals surface area contributed by atoms with Gasteiger partial charge in [0.25, 0.3) is 0 Å². The molecule has 0 aliphatic carbocycles. The molecule has 1 aromatic carbocycles. The number of aromatic nitrogens is 2. The van der Waals surface area contributed by atoms with Crippen LogP contribution in [0.25, 0.3) is 16.9 Å². The average molecular weight is 453 g/mol. The van der Waals surface area contributed by atoms with Gasteiger partial charge in [-0.25, -0.2) is 4.98 Å². The summed E-state index contributed by atoms with van der Waals surface area (Å²) in [7, 11) is 0. The van der Waals surface area contributed by atoms with Crippen LogP contribution in [0.5, 0.6) is 0 Å². The highest BCUT2D eigenvalue weighted by Crippen LogP contribution is 2.42. The lowest BCUT2D eigenvalue weighted by Crippen LogP contribution is -2.13. The van der Waals surface area contributed by atoms with Gasteiger partial charge in [0, 0.05) is 18.5 Å². The molecule has 0 saturated carbocycles. The lowest BCUT2D eigenvalue weighted by molar-refractivity contribution is -0.137. The fraction of sp³-hybridized carbons (Fsp3) is 0.235. The van der Waals surface area contributed by atoms with E-state index in [2.05, 4.69) is 10.3 Å². The Morgan fingerprint density at radius 2 is 1.85 bits per heavy atom. The summed E-state index contributed by atoms with van der Waals surface area (Å²) >= 11 is 20.5. The number of alkyl halides is 3. The van der Waals surface area contributed by atoms with Crippen LogP contribution >= 0.6 is 46.6 Å². The number of hydrogen-bond acceptors (Lipinski definition) is 3. The zero-order valence-corrected chi connectivity index (χ0v) is 16.5. The summed E-state index contributed by atoms with van der Waals surface area (Å²) in [5.74, 6) is 1.09. The van der Waals surface area contributed by atoms with Crippen molar-refractivity contribution in [2.75, 3.05) is 12.3 Å². The lowest BCUT2D eigenvalue weighted by atomic mass is 10.2. The fourth-order valence-corrected chi connectivity index (χ4v) is 4.92. The van der Waals surface area contributed by atoms with Gasteiger partial charge in [-0.2, -0.15) is 13.2 Å². The second kappa shape index (κ2) is 7.04. The number of pyridine rings is 1. The molecule has 1 aliphatic heterocycles. The zero-order chi connectivity index (χ0) is 19.3. The third kappa shape index (κ3) is 3.40. The van der Waals surface area contributed by atoms with Crippen LogP contribution in [-0.2, 0) is 6.18 Å². The molecule has 3 heterocycles. The highest BCUT2D eigenvalue weighted by atomic mass is 35.5. The van der Waals surface area contributed by atoms with Crippen LogP contribution in [0.1, 0.15) is 16.6 Å². The molecule has 3 nitrogen and oxygen atoms in total. The van der Waals surface area contributed by atoms with Crippen LogP contribution in [0, 0.1) is 0 Å². The number of nitrogens with one attached hydrogen (secondary N) is 1. The smallest absolute Gasteiger partial charge is 0.299 e. The summed E-state index contributed by atoms with van der Waals surface area (Å²) in [4.78, 5) is 4.61. The van der Waals surface area contributed by atoms with E-state index >= 15 is 0 Å².